The molecule has 0 aliphatic heterocycles. The molecule has 5 heteroatoms. The number of carbonyl (C=O) groups excluding carboxylic acids is 1. The van der Waals surface area contributed by atoms with E-state index in [0.29, 0.717) is 16.3 Å². The highest BCUT2D eigenvalue weighted by molar-refractivity contribution is 6.32. The first kappa shape index (κ1) is 14.1. The molecule has 0 bridgehead atoms. The number of hydrogen-bond acceptors (Lipinski definition) is 4. The van der Waals surface area contributed by atoms with Gasteiger partial charge in [0.25, 0.3) is 0 Å². The highest BCUT2D eigenvalue weighted by atomic mass is 35.5. The molecular formula is C15H11ClO4. The molecule has 2 rings (SSSR count). The molecule has 0 unspecified atom stereocenters. The fraction of sp³-hybridized carbons (Fsp3) is 0.0667. The van der Waals surface area contributed by atoms with E-state index in [1.54, 1.807) is 31.2 Å². The van der Waals surface area contributed by atoms with Crippen LogP contribution in [0.1, 0.15) is 11.3 Å². The Morgan fingerprint density at radius 3 is 2.75 bits per heavy atom. The summed E-state index contributed by atoms with van der Waals surface area (Å²) in [5.41, 5.74) is 0.137. The van der Waals surface area contributed by atoms with E-state index in [1.165, 1.54) is 12.1 Å². The zero-order valence-corrected chi connectivity index (χ0v) is 11.4. The van der Waals surface area contributed by atoms with E-state index < -0.39 is 11.6 Å². The summed E-state index contributed by atoms with van der Waals surface area (Å²) < 4.78 is 9.77. The van der Waals surface area contributed by atoms with Crippen molar-refractivity contribution in [3.63, 3.8) is 0 Å². The number of rotatable bonds is 3. The number of ether oxygens (including phenoxy) is 1. The monoisotopic (exact) mass is 290 g/mol. The van der Waals surface area contributed by atoms with Gasteiger partial charge in [0.2, 0.25) is 0 Å². The van der Waals surface area contributed by atoms with Gasteiger partial charge in [-0.2, -0.15) is 0 Å². The molecule has 2 aromatic rings. The molecule has 1 aromatic carbocycles. The molecule has 4 nitrogen and oxygen atoms in total. The van der Waals surface area contributed by atoms with Gasteiger partial charge < -0.3 is 9.15 Å². The van der Waals surface area contributed by atoms with E-state index in [-0.39, 0.29) is 5.75 Å². The lowest BCUT2D eigenvalue weighted by Gasteiger charge is -2.01. The van der Waals surface area contributed by atoms with Crippen LogP contribution in [-0.4, -0.2) is 5.97 Å². The van der Waals surface area contributed by atoms with Crippen molar-refractivity contribution in [2.24, 2.45) is 0 Å². The molecule has 0 fully saturated rings. The molecule has 0 N–H and O–H groups in total. The lowest BCUT2D eigenvalue weighted by atomic mass is 10.2. The molecule has 0 aliphatic carbocycles. The number of aryl methyl sites for hydroxylation is 1. The fourth-order valence-electron chi connectivity index (χ4n) is 1.55. The molecule has 102 valence electrons. The average molecular weight is 291 g/mol. The van der Waals surface area contributed by atoms with Crippen molar-refractivity contribution < 1.29 is 13.9 Å². The molecule has 0 saturated heterocycles. The summed E-state index contributed by atoms with van der Waals surface area (Å²) in [6.45, 7) is 1.60. The Hall–Kier alpha value is -2.33. The first-order valence-corrected chi connectivity index (χ1v) is 6.18. The molecule has 0 spiro atoms. The SMILES string of the molecule is Cc1cc(OC(=O)/C=C/c2ccccc2Cl)cc(=O)o1. The van der Waals surface area contributed by atoms with Crippen LogP contribution in [0.3, 0.4) is 0 Å². The van der Waals surface area contributed by atoms with Crippen LogP contribution in [0.25, 0.3) is 6.08 Å². The number of halogens is 1. The van der Waals surface area contributed by atoms with Crippen LogP contribution >= 0.6 is 11.6 Å². The van der Waals surface area contributed by atoms with Gasteiger partial charge in [-0.1, -0.05) is 29.8 Å². The van der Waals surface area contributed by atoms with Gasteiger partial charge in [0.1, 0.15) is 11.5 Å². The predicted octanol–water partition coefficient (Wildman–Crippen LogP) is 3.22. The number of carbonyl (C=O) groups is 1. The third kappa shape index (κ3) is 3.83. The van der Waals surface area contributed by atoms with Gasteiger partial charge in [-0.05, 0) is 24.6 Å². The van der Waals surface area contributed by atoms with Gasteiger partial charge in [-0.3, -0.25) is 0 Å². The van der Waals surface area contributed by atoms with E-state index in [1.807, 2.05) is 6.07 Å². The van der Waals surface area contributed by atoms with Crippen molar-refractivity contribution in [3.8, 4) is 5.75 Å². The van der Waals surface area contributed by atoms with E-state index in [4.69, 9.17) is 20.8 Å². The average Bonchev–Trinajstić information content (AvgIpc) is 2.36. The first-order valence-electron chi connectivity index (χ1n) is 5.81. The second kappa shape index (κ2) is 6.21. The normalized spacial score (nSPS) is 10.7. The van der Waals surface area contributed by atoms with Crippen molar-refractivity contribution in [2.45, 2.75) is 6.92 Å². The summed E-state index contributed by atoms with van der Waals surface area (Å²) in [6, 6.07) is 9.66. The Morgan fingerprint density at radius 2 is 2.05 bits per heavy atom. The summed E-state index contributed by atoms with van der Waals surface area (Å²) in [5.74, 6) is -0.0853. The molecule has 0 amide bonds. The smallest absolute Gasteiger partial charge is 0.339 e. The van der Waals surface area contributed by atoms with Crippen molar-refractivity contribution in [3.05, 3.63) is 69.2 Å². The summed E-state index contributed by atoms with van der Waals surface area (Å²) >= 11 is 5.95. The van der Waals surface area contributed by atoms with Crippen LogP contribution in [0, 0.1) is 6.92 Å². The van der Waals surface area contributed by atoms with E-state index in [0.717, 1.165) is 6.07 Å². The van der Waals surface area contributed by atoms with Crippen molar-refractivity contribution in [1.82, 2.24) is 0 Å². The van der Waals surface area contributed by atoms with E-state index in [9.17, 15) is 9.59 Å². The van der Waals surface area contributed by atoms with Gasteiger partial charge in [-0.15, -0.1) is 0 Å². The minimum Gasteiger partial charge on any atom is -0.428 e. The standard InChI is InChI=1S/C15H11ClO4/c1-10-8-12(9-15(18)19-10)20-14(17)7-6-11-4-2-3-5-13(11)16/h2-9H,1H3/b7-6+. The Morgan fingerprint density at radius 1 is 1.30 bits per heavy atom. The molecule has 1 aromatic heterocycles. The maximum absolute atomic E-state index is 11.6. The Bertz CT molecular complexity index is 716. The topological polar surface area (TPSA) is 56.5 Å². The molecule has 0 radical (unpaired) electrons. The van der Waals surface area contributed by atoms with Crippen molar-refractivity contribution >= 4 is 23.6 Å². The minimum absolute atomic E-state index is 0.146. The number of esters is 1. The Labute approximate surface area is 120 Å². The predicted molar refractivity (Wildman–Crippen MR) is 75.8 cm³/mol. The van der Waals surface area contributed by atoms with Crippen LogP contribution in [0.15, 0.2) is 51.7 Å². The molecule has 0 aliphatic rings. The van der Waals surface area contributed by atoms with Crippen LogP contribution in [0.4, 0.5) is 0 Å². The van der Waals surface area contributed by atoms with Gasteiger partial charge in [0, 0.05) is 17.2 Å². The van der Waals surface area contributed by atoms with Crippen LogP contribution in [0.2, 0.25) is 5.02 Å². The van der Waals surface area contributed by atoms with Crippen LogP contribution in [0.5, 0.6) is 5.75 Å². The molecule has 0 atom stereocenters. The van der Waals surface area contributed by atoms with Crippen LogP contribution < -0.4 is 10.4 Å². The minimum atomic E-state index is -0.602. The lowest BCUT2D eigenvalue weighted by molar-refractivity contribution is -0.128. The van der Waals surface area contributed by atoms with Gasteiger partial charge in [0.05, 0.1) is 6.07 Å². The van der Waals surface area contributed by atoms with Crippen molar-refractivity contribution in [2.75, 3.05) is 0 Å². The summed E-state index contributed by atoms with van der Waals surface area (Å²) in [5, 5.41) is 0.535. The zero-order valence-electron chi connectivity index (χ0n) is 10.6. The fourth-order valence-corrected chi connectivity index (χ4v) is 1.75. The maximum Gasteiger partial charge on any atom is 0.339 e. The Kier molecular flexibility index (Phi) is 4.38. The molecule has 20 heavy (non-hydrogen) atoms. The summed E-state index contributed by atoms with van der Waals surface area (Å²) in [7, 11) is 0. The quantitative estimate of drug-likeness (QED) is 0.643. The van der Waals surface area contributed by atoms with E-state index in [2.05, 4.69) is 0 Å². The van der Waals surface area contributed by atoms with Gasteiger partial charge in [0.15, 0.2) is 0 Å². The maximum atomic E-state index is 11.6. The first-order chi connectivity index (χ1) is 9.54. The molecule has 1 heterocycles. The highest BCUT2D eigenvalue weighted by Gasteiger charge is 2.04. The highest BCUT2D eigenvalue weighted by Crippen LogP contribution is 2.16. The summed E-state index contributed by atoms with van der Waals surface area (Å²) in [4.78, 5) is 22.8. The zero-order chi connectivity index (χ0) is 14.5. The van der Waals surface area contributed by atoms with E-state index >= 15 is 0 Å². The third-order valence-electron chi connectivity index (χ3n) is 2.39. The molecule has 0 saturated carbocycles. The summed E-state index contributed by atoms with van der Waals surface area (Å²) in [6.07, 6.45) is 2.79. The number of hydrogen-bond donors (Lipinski definition) is 0. The number of benzene rings is 1. The lowest BCUT2D eigenvalue weighted by Crippen LogP contribution is -2.07. The third-order valence-corrected chi connectivity index (χ3v) is 2.73. The largest absolute Gasteiger partial charge is 0.428 e. The van der Waals surface area contributed by atoms with Crippen molar-refractivity contribution in [1.29, 1.82) is 0 Å². The Balaban J connectivity index is 2.09. The van der Waals surface area contributed by atoms with Gasteiger partial charge in [-0.25, -0.2) is 9.59 Å². The molecular weight excluding hydrogens is 280 g/mol. The van der Waals surface area contributed by atoms with Crippen LogP contribution in [-0.2, 0) is 4.79 Å². The van der Waals surface area contributed by atoms with Gasteiger partial charge >= 0.3 is 11.6 Å². The second-order valence-corrected chi connectivity index (χ2v) is 4.41. The second-order valence-electron chi connectivity index (χ2n) is 4.00.